The predicted molar refractivity (Wildman–Crippen MR) is 116 cm³/mol. The third-order valence-corrected chi connectivity index (χ3v) is 3.95. The van der Waals surface area contributed by atoms with Gasteiger partial charge in [-0.15, -0.1) is 0 Å². The van der Waals surface area contributed by atoms with Crippen molar-refractivity contribution in [1.82, 2.24) is 0 Å². The molecule has 156 valence electrons. The van der Waals surface area contributed by atoms with E-state index in [0.717, 1.165) is 5.56 Å². The van der Waals surface area contributed by atoms with Crippen LogP contribution in [0.25, 0.3) is 12.2 Å². The van der Waals surface area contributed by atoms with Crippen molar-refractivity contribution >= 4 is 23.7 Å². The standard InChI is InChI=1S/C24H24O6/c1-16(2)30-22-12-8-18(14-24(22)29-4)6-10-20(26)15-19(25)9-5-17-7-11-21(27)23(13-17)28-3/h5-14,27H,1,15H2,2-4H3/b9-5+,10-6+. The number of carbonyl (C=O) groups excluding carboxylic acids is 2. The highest BCUT2D eigenvalue weighted by Crippen LogP contribution is 2.30. The van der Waals surface area contributed by atoms with Crippen LogP contribution in [0.5, 0.6) is 23.0 Å². The lowest BCUT2D eigenvalue weighted by Gasteiger charge is -2.10. The van der Waals surface area contributed by atoms with Gasteiger partial charge < -0.3 is 19.3 Å². The summed E-state index contributed by atoms with van der Waals surface area (Å²) in [6.45, 7) is 5.42. The van der Waals surface area contributed by atoms with Crippen LogP contribution in [-0.4, -0.2) is 30.9 Å². The Labute approximate surface area is 175 Å². The van der Waals surface area contributed by atoms with Gasteiger partial charge in [-0.2, -0.15) is 0 Å². The number of rotatable bonds is 10. The summed E-state index contributed by atoms with van der Waals surface area (Å²) in [5.41, 5.74) is 1.40. The molecule has 0 saturated heterocycles. The number of phenolic OH excluding ortho intramolecular Hbond substituents is 1. The number of carbonyl (C=O) groups is 2. The molecule has 0 heterocycles. The van der Waals surface area contributed by atoms with Crippen molar-refractivity contribution < 1.29 is 28.9 Å². The molecule has 0 aliphatic rings. The highest BCUT2D eigenvalue weighted by atomic mass is 16.5. The van der Waals surface area contributed by atoms with Crippen molar-refractivity contribution in [3.8, 4) is 23.0 Å². The van der Waals surface area contributed by atoms with Crippen LogP contribution in [-0.2, 0) is 9.59 Å². The fraction of sp³-hybridized carbons (Fsp3) is 0.167. The Morgan fingerprint density at radius 1 is 0.900 bits per heavy atom. The molecule has 0 aromatic heterocycles. The van der Waals surface area contributed by atoms with Crippen LogP contribution in [0.3, 0.4) is 0 Å². The molecule has 0 saturated carbocycles. The van der Waals surface area contributed by atoms with Crippen molar-refractivity contribution in [1.29, 1.82) is 0 Å². The minimum atomic E-state index is -0.334. The molecule has 2 aromatic carbocycles. The van der Waals surface area contributed by atoms with Gasteiger partial charge in [0.1, 0.15) is 0 Å². The molecule has 0 radical (unpaired) electrons. The monoisotopic (exact) mass is 408 g/mol. The molecule has 0 atom stereocenters. The zero-order chi connectivity index (χ0) is 22.1. The summed E-state index contributed by atoms with van der Waals surface area (Å²) < 4.78 is 15.8. The summed E-state index contributed by atoms with van der Waals surface area (Å²) in [4.78, 5) is 24.1. The number of aromatic hydroxyl groups is 1. The maximum absolute atomic E-state index is 12.1. The number of allylic oxidation sites excluding steroid dienone is 3. The van der Waals surface area contributed by atoms with Gasteiger partial charge in [0.25, 0.3) is 0 Å². The van der Waals surface area contributed by atoms with E-state index in [4.69, 9.17) is 14.2 Å². The number of methoxy groups -OCH3 is 2. The van der Waals surface area contributed by atoms with Crippen LogP contribution >= 0.6 is 0 Å². The number of benzene rings is 2. The first kappa shape index (κ1) is 22.5. The average Bonchev–Trinajstić information content (AvgIpc) is 2.72. The lowest BCUT2D eigenvalue weighted by atomic mass is 10.1. The van der Waals surface area contributed by atoms with Crippen molar-refractivity contribution in [3.05, 3.63) is 72.0 Å². The van der Waals surface area contributed by atoms with Crippen molar-refractivity contribution in [2.45, 2.75) is 13.3 Å². The third-order valence-electron chi connectivity index (χ3n) is 3.95. The largest absolute Gasteiger partial charge is 0.504 e. The Kier molecular flexibility index (Phi) is 7.99. The minimum Gasteiger partial charge on any atom is -0.504 e. The van der Waals surface area contributed by atoms with Crippen LogP contribution in [0.2, 0.25) is 0 Å². The second kappa shape index (κ2) is 10.7. The smallest absolute Gasteiger partial charge is 0.168 e. The van der Waals surface area contributed by atoms with Crippen LogP contribution in [0.15, 0.2) is 60.9 Å². The van der Waals surface area contributed by atoms with Crippen LogP contribution in [0.4, 0.5) is 0 Å². The van der Waals surface area contributed by atoms with E-state index in [1.807, 2.05) is 0 Å². The lowest BCUT2D eigenvalue weighted by molar-refractivity contribution is -0.121. The topological polar surface area (TPSA) is 82.1 Å². The van der Waals surface area contributed by atoms with Gasteiger partial charge in [0, 0.05) is 0 Å². The SMILES string of the molecule is C=C(C)Oc1ccc(/C=C/C(=O)CC(=O)/C=C/c2ccc(O)c(OC)c2)cc1OC. The summed E-state index contributed by atoms with van der Waals surface area (Å²) in [5.74, 6) is 1.23. The number of hydrogen-bond donors (Lipinski definition) is 1. The van der Waals surface area contributed by atoms with E-state index in [1.165, 1.54) is 32.4 Å². The molecule has 0 amide bonds. The Hall–Kier alpha value is -3.80. The molecular formula is C24H24O6. The fourth-order valence-electron chi connectivity index (χ4n) is 2.53. The van der Waals surface area contributed by atoms with Gasteiger partial charge in [-0.05, 0) is 54.5 Å². The Bertz CT molecular complexity index is 1000. The number of hydrogen-bond acceptors (Lipinski definition) is 6. The van der Waals surface area contributed by atoms with E-state index < -0.39 is 0 Å². The predicted octanol–water partition coefficient (Wildman–Crippen LogP) is 4.58. The first-order valence-electron chi connectivity index (χ1n) is 9.12. The molecule has 30 heavy (non-hydrogen) atoms. The molecule has 6 heteroatoms. The maximum atomic E-state index is 12.1. The number of phenols is 1. The molecule has 0 spiro atoms. The first-order chi connectivity index (χ1) is 14.3. The second-order valence-corrected chi connectivity index (χ2v) is 6.42. The minimum absolute atomic E-state index is 0.0112. The van der Waals surface area contributed by atoms with Crippen LogP contribution in [0.1, 0.15) is 24.5 Å². The molecule has 0 aliphatic carbocycles. The first-order valence-corrected chi connectivity index (χ1v) is 9.12. The van der Waals surface area contributed by atoms with E-state index in [2.05, 4.69) is 6.58 Å². The van der Waals surface area contributed by atoms with Gasteiger partial charge in [0.15, 0.2) is 34.6 Å². The Morgan fingerprint density at radius 3 is 1.97 bits per heavy atom. The summed E-state index contributed by atoms with van der Waals surface area (Å²) in [5, 5.41) is 9.58. The normalized spacial score (nSPS) is 10.9. The summed E-state index contributed by atoms with van der Waals surface area (Å²) in [6.07, 6.45) is 5.59. The Morgan fingerprint density at radius 2 is 1.43 bits per heavy atom. The second-order valence-electron chi connectivity index (χ2n) is 6.42. The molecular weight excluding hydrogens is 384 g/mol. The fourth-order valence-corrected chi connectivity index (χ4v) is 2.53. The number of ketones is 2. The lowest BCUT2D eigenvalue weighted by Crippen LogP contribution is -2.02. The van der Waals surface area contributed by atoms with E-state index in [9.17, 15) is 14.7 Å². The van der Waals surface area contributed by atoms with Gasteiger partial charge in [-0.1, -0.05) is 30.9 Å². The summed E-state index contributed by atoms with van der Waals surface area (Å²) >= 11 is 0. The van der Waals surface area contributed by atoms with Crippen molar-refractivity contribution in [2.24, 2.45) is 0 Å². The third kappa shape index (κ3) is 6.67. The van der Waals surface area contributed by atoms with E-state index >= 15 is 0 Å². The zero-order valence-corrected chi connectivity index (χ0v) is 17.2. The molecule has 2 aromatic rings. The van der Waals surface area contributed by atoms with Gasteiger partial charge in [-0.3, -0.25) is 9.59 Å². The molecule has 0 bridgehead atoms. The van der Waals surface area contributed by atoms with Crippen LogP contribution < -0.4 is 14.2 Å². The van der Waals surface area contributed by atoms with E-state index in [0.29, 0.717) is 28.6 Å². The highest BCUT2D eigenvalue weighted by Gasteiger charge is 2.07. The molecule has 0 fully saturated rings. The van der Waals surface area contributed by atoms with Gasteiger partial charge in [0.2, 0.25) is 0 Å². The quantitative estimate of drug-likeness (QED) is 0.352. The van der Waals surface area contributed by atoms with Crippen molar-refractivity contribution in [3.63, 3.8) is 0 Å². The molecule has 0 unspecified atom stereocenters. The van der Waals surface area contributed by atoms with Gasteiger partial charge in [-0.25, -0.2) is 0 Å². The van der Waals surface area contributed by atoms with Gasteiger partial charge in [0.05, 0.1) is 26.4 Å². The zero-order valence-electron chi connectivity index (χ0n) is 17.2. The molecule has 1 N–H and O–H groups in total. The molecule has 0 aliphatic heterocycles. The number of ether oxygens (including phenoxy) is 3. The van der Waals surface area contributed by atoms with E-state index in [1.54, 1.807) is 49.4 Å². The summed E-state index contributed by atoms with van der Waals surface area (Å²) in [7, 11) is 2.96. The Balaban J connectivity index is 1.98. The van der Waals surface area contributed by atoms with Crippen LogP contribution in [0, 0.1) is 0 Å². The highest BCUT2D eigenvalue weighted by molar-refractivity contribution is 6.10. The summed E-state index contributed by atoms with van der Waals surface area (Å²) in [6, 6.07) is 9.91. The van der Waals surface area contributed by atoms with E-state index in [-0.39, 0.29) is 23.7 Å². The molecule has 2 rings (SSSR count). The average molecular weight is 408 g/mol. The molecule has 6 nitrogen and oxygen atoms in total. The van der Waals surface area contributed by atoms with Crippen molar-refractivity contribution in [2.75, 3.05) is 14.2 Å². The maximum Gasteiger partial charge on any atom is 0.168 e. The van der Waals surface area contributed by atoms with Gasteiger partial charge >= 0.3 is 0 Å².